The number of aliphatic imine (C=N–C) groups is 1. The second kappa shape index (κ2) is 6.50. The number of hydrogen-bond donors (Lipinski definition) is 0. The summed E-state index contributed by atoms with van der Waals surface area (Å²) in [5.74, 6) is 0.392. The average Bonchev–Trinajstić information content (AvgIpc) is 2.89. The van der Waals surface area contributed by atoms with Crippen molar-refractivity contribution in [3.63, 3.8) is 0 Å². The van der Waals surface area contributed by atoms with Crippen LogP contribution in [-0.2, 0) is 9.53 Å². The van der Waals surface area contributed by atoms with Crippen LogP contribution in [0.1, 0.15) is 36.5 Å². The van der Waals surface area contributed by atoms with E-state index in [1.807, 2.05) is 36.4 Å². The van der Waals surface area contributed by atoms with Gasteiger partial charge in [-0.05, 0) is 41.3 Å². The molecule has 0 saturated carbocycles. The van der Waals surface area contributed by atoms with E-state index < -0.39 is 5.97 Å². The van der Waals surface area contributed by atoms with Crippen LogP contribution in [0.25, 0.3) is 6.08 Å². The highest BCUT2D eigenvalue weighted by Crippen LogP contribution is 2.22. The summed E-state index contributed by atoms with van der Waals surface area (Å²) in [4.78, 5) is 16.3. The normalized spacial score (nSPS) is 15.9. The molecule has 1 aliphatic rings. The van der Waals surface area contributed by atoms with Crippen molar-refractivity contribution < 1.29 is 9.53 Å². The van der Waals surface area contributed by atoms with E-state index in [0.717, 1.165) is 15.6 Å². The summed E-state index contributed by atoms with van der Waals surface area (Å²) in [5.41, 5.74) is 3.28. The lowest BCUT2D eigenvalue weighted by molar-refractivity contribution is -0.129. The number of carbonyl (C=O) groups excluding carboxylic acids is 1. The maximum absolute atomic E-state index is 12.0. The van der Waals surface area contributed by atoms with Crippen molar-refractivity contribution >= 4 is 33.9 Å². The monoisotopic (exact) mass is 369 g/mol. The quantitative estimate of drug-likeness (QED) is 0.568. The van der Waals surface area contributed by atoms with Crippen LogP contribution in [0.5, 0.6) is 0 Å². The van der Waals surface area contributed by atoms with Gasteiger partial charge in [-0.15, -0.1) is 0 Å². The Hall–Kier alpha value is -2.20. The minimum Gasteiger partial charge on any atom is -0.402 e. The van der Waals surface area contributed by atoms with Gasteiger partial charge in [0.2, 0.25) is 5.90 Å². The van der Waals surface area contributed by atoms with Crippen molar-refractivity contribution in [1.82, 2.24) is 0 Å². The van der Waals surface area contributed by atoms with Gasteiger partial charge in [0.25, 0.3) is 0 Å². The molecule has 0 amide bonds. The Balaban J connectivity index is 1.88. The zero-order valence-corrected chi connectivity index (χ0v) is 14.5. The molecule has 0 saturated heterocycles. The van der Waals surface area contributed by atoms with Crippen LogP contribution in [0.3, 0.4) is 0 Å². The molecule has 0 bridgehead atoms. The molecule has 2 aromatic rings. The first-order valence-corrected chi connectivity index (χ1v) is 8.21. The van der Waals surface area contributed by atoms with Crippen molar-refractivity contribution in [2.75, 3.05) is 0 Å². The number of nitrogens with zero attached hydrogens (tertiary/aromatic N) is 1. The molecule has 0 radical (unpaired) electrons. The van der Waals surface area contributed by atoms with E-state index in [1.165, 1.54) is 5.56 Å². The van der Waals surface area contributed by atoms with Gasteiger partial charge in [-0.2, -0.15) is 0 Å². The summed E-state index contributed by atoms with van der Waals surface area (Å²) in [5, 5.41) is 0. The summed E-state index contributed by atoms with van der Waals surface area (Å²) < 4.78 is 6.18. The van der Waals surface area contributed by atoms with Gasteiger partial charge < -0.3 is 4.74 Å². The van der Waals surface area contributed by atoms with Crippen molar-refractivity contribution in [2.24, 2.45) is 4.99 Å². The first-order valence-electron chi connectivity index (χ1n) is 7.41. The molecule has 116 valence electrons. The minimum atomic E-state index is -0.423. The van der Waals surface area contributed by atoms with E-state index in [0.29, 0.717) is 17.5 Å². The topological polar surface area (TPSA) is 38.7 Å². The number of hydrogen-bond acceptors (Lipinski definition) is 3. The third-order valence-electron chi connectivity index (χ3n) is 3.60. The molecule has 23 heavy (non-hydrogen) atoms. The van der Waals surface area contributed by atoms with Crippen LogP contribution in [0, 0.1) is 0 Å². The maximum Gasteiger partial charge on any atom is 0.363 e. The lowest BCUT2D eigenvalue weighted by atomic mass is 10.0. The van der Waals surface area contributed by atoms with Crippen LogP contribution in [0.15, 0.2) is 63.7 Å². The minimum absolute atomic E-state index is 0.317. The van der Waals surface area contributed by atoms with Crippen molar-refractivity contribution in [3.8, 4) is 0 Å². The molecule has 3 nitrogen and oxygen atoms in total. The number of cyclic esters (lactones) is 1. The summed E-state index contributed by atoms with van der Waals surface area (Å²) in [6, 6.07) is 15.6. The zero-order chi connectivity index (χ0) is 16.4. The fraction of sp³-hybridized carbons (Fsp3) is 0.158. The van der Waals surface area contributed by atoms with Crippen molar-refractivity contribution in [2.45, 2.75) is 19.8 Å². The molecule has 0 aliphatic carbocycles. The van der Waals surface area contributed by atoms with Gasteiger partial charge in [-0.25, -0.2) is 9.79 Å². The lowest BCUT2D eigenvalue weighted by Crippen LogP contribution is -2.05. The molecule has 4 heteroatoms. The SMILES string of the molecule is CC(C)c1ccc(C=C2N=C(c3cccc(Br)c3)OC2=O)cc1. The van der Waals surface area contributed by atoms with E-state index in [9.17, 15) is 4.79 Å². The molecule has 0 aromatic heterocycles. The molecule has 0 unspecified atom stereocenters. The molecule has 1 heterocycles. The number of esters is 1. The standard InChI is InChI=1S/C19H16BrNO2/c1-12(2)14-8-6-13(7-9-14)10-17-19(22)23-18(21-17)15-4-3-5-16(20)11-15/h3-12H,1-2H3. The van der Waals surface area contributed by atoms with Crippen molar-refractivity contribution in [3.05, 3.63) is 75.4 Å². The third kappa shape index (κ3) is 3.59. The summed E-state index contributed by atoms with van der Waals surface area (Å²) >= 11 is 3.40. The lowest BCUT2D eigenvalue weighted by Gasteiger charge is -2.04. The first-order chi connectivity index (χ1) is 11.0. The van der Waals surface area contributed by atoms with E-state index >= 15 is 0 Å². The van der Waals surface area contributed by atoms with Crippen LogP contribution in [-0.4, -0.2) is 11.9 Å². The Bertz CT molecular complexity index is 804. The van der Waals surface area contributed by atoms with Crippen LogP contribution >= 0.6 is 15.9 Å². The zero-order valence-electron chi connectivity index (χ0n) is 12.9. The number of carbonyl (C=O) groups is 1. The molecule has 3 rings (SSSR count). The van der Waals surface area contributed by atoms with Gasteiger partial charge >= 0.3 is 5.97 Å². The maximum atomic E-state index is 12.0. The predicted octanol–water partition coefficient (Wildman–Crippen LogP) is 4.92. The molecular formula is C19H16BrNO2. The molecule has 0 spiro atoms. The highest BCUT2D eigenvalue weighted by atomic mass is 79.9. The Kier molecular flexibility index (Phi) is 4.44. The van der Waals surface area contributed by atoms with E-state index in [2.05, 4.69) is 46.9 Å². The largest absolute Gasteiger partial charge is 0.402 e. The van der Waals surface area contributed by atoms with Crippen LogP contribution < -0.4 is 0 Å². The number of benzene rings is 2. The van der Waals surface area contributed by atoms with Gasteiger partial charge in [0, 0.05) is 10.0 Å². The molecular weight excluding hydrogens is 354 g/mol. The van der Waals surface area contributed by atoms with Gasteiger partial charge in [-0.1, -0.05) is 60.1 Å². The summed E-state index contributed by atoms with van der Waals surface area (Å²) in [7, 11) is 0. The molecule has 1 aliphatic heterocycles. The highest BCUT2D eigenvalue weighted by Gasteiger charge is 2.24. The van der Waals surface area contributed by atoms with E-state index in [1.54, 1.807) is 6.08 Å². The van der Waals surface area contributed by atoms with Gasteiger partial charge in [0.15, 0.2) is 5.70 Å². The summed E-state index contributed by atoms with van der Waals surface area (Å²) in [6.07, 6.45) is 1.75. The van der Waals surface area contributed by atoms with Gasteiger partial charge in [0.05, 0.1) is 0 Å². The van der Waals surface area contributed by atoms with E-state index in [-0.39, 0.29) is 0 Å². The molecule has 0 atom stereocenters. The molecule has 0 fully saturated rings. The smallest absolute Gasteiger partial charge is 0.363 e. The third-order valence-corrected chi connectivity index (χ3v) is 4.09. The first kappa shape index (κ1) is 15.7. The van der Waals surface area contributed by atoms with E-state index in [4.69, 9.17) is 4.74 Å². The average molecular weight is 370 g/mol. The second-order valence-electron chi connectivity index (χ2n) is 5.67. The van der Waals surface area contributed by atoms with Crippen molar-refractivity contribution in [1.29, 1.82) is 0 Å². The highest BCUT2D eigenvalue weighted by molar-refractivity contribution is 9.10. The fourth-order valence-corrected chi connectivity index (χ4v) is 2.69. The van der Waals surface area contributed by atoms with Gasteiger partial charge in [0.1, 0.15) is 0 Å². The fourth-order valence-electron chi connectivity index (χ4n) is 2.29. The summed E-state index contributed by atoms with van der Waals surface area (Å²) in [6.45, 7) is 4.30. The van der Waals surface area contributed by atoms with Crippen LogP contribution in [0.2, 0.25) is 0 Å². The number of rotatable bonds is 3. The number of halogens is 1. The second-order valence-corrected chi connectivity index (χ2v) is 6.58. The molecule has 2 aromatic carbocycles. The predicted molar refractivity (Wildman–Crippen MR) is 95.3 cm³/mol. The Labute approximate surface area is 143 Å². The van der Waals surface area contributed by atoms with Crippen LogP contribution in [0.4, 0.5) is 0 Å². The Morgan fingerprint density at radius 3 is 2.52 bits per heavy atom. The molecule has 0 N–H and O–H groups in total. The van der Waals surface area contributed by atoms with Gasteiger partial charge in [-0.3, -0.25) is 0 Å². The Morgan fingerprint density at radius 1 is 1.13 bits per heavy atom. The number of ether oxygens (including phenoxy) is 1. The Morgan fingerprint density at radius 2 is 1.87 bits per heavy atom.